The predicted molar refractivity (Wildman–Crippen MR) is 160 cm³/mol. The van der Waals surface area contributed by atoms with E-state index >= 15 is 0 Å². The fourth-order valence-electron chi connectivity index (χ4n) is 4.51. The van der Waals surface area contributed by atoms with Crippen molar-refractivity contribution in [3.63, 3.8) is 0 Å². The normalized spacial score (nSPS) is 13.8. The predicted octanol–water partition coefficient (Wildman–Crippen LogP) is 5.22. The van der Waals surface area contributed by atoms with Crippen LogP contribution in [0.2, 0.25) is 0 Å². The number of anilines is 5. The first kappa shape index (κ1) is 27.2. The largest absolute Gasteiger partial charge is 0.494 e. The van der Waals surface area contributed by atoms with Gasteiger partial charge in [-0.15, -0.1) is 0 Å². The number of methoxy groups -OCH3 is 1. The Morgan fingerprint density at radius 2 is 1.85 bits per heavy atom. The Kier molecular flexibility index (Phi) is 7.93. The third-order valence-electron chi connectivity index (χ3n) is 6.41. The number of benzene rings is 2. The number of halogens is 1. The number of hydrogen-bond acceptors (Lipinski definition) is 9. The van der Waals surface area contributed by atoms with E-state index in [4.69, 9.17) is 14.5 Å². The van der Waals surface area contributed by atoms with E-state index in [1.807, 2.05) is 55.8 Å². The van der Waals surface area contributed by atoms with Crippen LogP contribution < -0.4 is 25.6 Å². The molecule has 1 aliphatic rings. The van der Waals surface area contributed by atoms with E-state index < -0.39 is 7.14 Å². The summed E-state index contributed by atoms with van der Waals surface area (Å²) in [5, 5.41) is 11.8. The second kappa shape index (κ2) is 11.4. The summed E-state index contributed by atoms with van der Waals surface area (Å²) in [4.78, 5) is 11.5. The second-order valence-corrected chi connectivity index (χ2v) is 13.6. The van der Waals surface area contributed by atoms with Crippen LogP contribution in [0.25, 0.3) is 11.1 Å². The van der Waals surface area contributed by atoms with E-state index in [1.165, 1.54) is 0 Å². The van der Waals surface area contributed by atoms with E-state index in [1.54, 1.807) is 31.3 Å². The maximum Gasteiger partial charge on any atom is 0.229 e. The highest BCUT2D eigenvalue weighted by Gasteiger charge is 2.21. The van der Waals surface area contributed by atoms with Gasteiger partial charge in [0.05, 0.1) is 42.4 Å². The summed E-state index contributed by atoms with van der Waals surface area (Å²) in [6.07, 6.45) is 5.52. The molecule has 0 unspecified atom stereocenters. The number of hydrogen-bond donors (Lipinski definition) is 2. The van der Waals surface area contributed by atoms with Crippen molar-refractivity contribution in [1.82, 2.24) is 19.7 Å². The Bertz CT molecular complexity index is 1530. The average molecular weight is 612 g/mol. The molecule has 0 aliphatic carbocycles. The smallest absolute Gasteiger partial charge is 0.229 e. The van der Waals surface area contributed by atoms with E-state index in [2.05, 4.69) is 41.5 Å². The number of aromatic nitrogens is 4. The molecule has 2 aromatic heterocycles. The number of aryl methyl sites for hydroxylation is 1. The number of nitrogens with one attached hydrogen (secondary N) is 2. The van der Waals surface area contributed by atoms with Gasteiger partial charge in [-0.25, -0.2) is 4.98 Å². The summed E-state index contributed by atoms with van der Waals surface area (Å²) in [7, 11) is 1.04. The fourth-order valence-corrected chi connectivity index (χ4v) is 5.95. The topological polar surface area (TPSA) is 106 Å². The van der Waals surface area contributed by atoms with Crippen LogP contribution >= 0.6 is 23.1 Å². The second-order valence-electron chi connectivity index (χ2n) is 9.58. The SMILES string of the molecule is COc1cc(N2CCOCC2)c(-c2cnn(C)c2)cc1Nc1ncc(Br)c(Nc2ccccc2P(C)(C)=O)n1. The van der Waals surface area contributed by atoms with Gasteiger partial charge in [-0.1, -0.05) is 12.1 Å². The molecule has 39 heavy (non-hydrogen) atoms. The monoisotopic (exact) mass is 611 g/mol. The Morgan fingerprint density at radius 3 is 2.54 bits per heavy atom. The molecule has 4 aromatic rings. The van der Waals surface area contributed by atoms with E-state index in [-0.39, 0.29) is 0 Å². The summed E-state index contributed by atoms with van der Waals surface area (Å²) in [6.45, 7) is 6.43. The molecule has 204 valence electrons. The first-order valence-electron chi connectivity index (χ1n) is 12.5. The Balaban J connectivity index is 1.51. The minimum absolute atomic E-state index is 0.379. The van der Waals surface area contributed by atoms with Crippen LogP contribution in [0.1, 0.15) is 0 Å². The van der Waals surface area contributed by atoms with Gasteiger partial charge in [-0.3, -0.25) is 4.68 Å². The lowest BCUT2D eigenvalue weighted by molar-refractivity contribution is 0.122. The fraction of sp³-hybridized carbons (Fsp3) is 0.296. The number of nitrogens with zero attached hydrogens (tertiary/aromatic N) is 5. The molecule has 0 atom stereocenters. The van der Waals surface area contributed by atoms with Crippen LogP contribution in [0.4, 0.5) is 28.8 Å². The van der Waals surface area contributed by atoms with Crippen LogP contribution in [0, 0.1) is 0 Å². The third kappa shape index (κ3) is 6.11. The minimum atomic E-state index is -2.51. The molecule has 0 spiro atoms. The van der Waals surface area contributed by atoms with E-state index in [9.17, 15) is 4.57 Å². The number of ether oxygens (including phenoxy) is 2. The summed E-state index contributed by atoms with van der Waals surface area (Å²) >= 11 is 3.54. The number of morpholine rings is 1. The summed E-state index contributed by atoms with van der Waals surface area (Å²) in [6, 6.07) is 11.6. The summed E-state index contributed by atoms with van der Waals surface area (Å²) in [5.41, 5.74) is 4.51. The molecular formula is C27H31BrN7O3P. The average Bonchev–Trinajstić information content (AvgIpc) is 3.36. The van der Waals surface area contributed by atoms with Gasteiger partial charge in [-0.05, 0) is 47.5 Å². The van der Waals surface area contributed by atoms with Crippen LogP contribution in [0.3, 0.4) is 0 Å². The molecule has 0 bridgehead atoms. The highest BCUT2D eigenvalue weighted by Crippen LogP contribution is 2.41. The van der Waals surface area contributed by atoms with Crippen LogP contribution in [-0.4, -0.2) is 66.5 Å². The van der Waals surface area contributed by atoms with Crippen molar-refractivity contribution < 1.29 is 14.0 Å². The van der Waals surface area contributed by atoms with Gasteiger partial charge in [0.1, 0.15) is 18.7 Å². The van der Waals surface area contributed by atoms with Crippen LogP contribution in [-0.2, 0) is 16.3 Å². The van der Waals surface area contributed by atoms with Gasteiger partial charge in [0, 0.05) is 60.7 Å². The lowest BCUT2D eigenvalue weighted by Crippen LogP contribution is -2.36. The molecule has 3 heterocycles. The van der Waals surface area contributed by atoms with Gasteiger partial charge in [0.15, 0.2) is 0 Å². The molecular weight excluding hydrogens is 581 g/mol. The Morgan fingerprint density at radius 1 is 1.08 bits per heavy atom. The first-order chi connectivity index (χ1) is 18.7. The minimum Gasteiger partial charge on any atom is -0.494 e. The summed E-state index contributed by atoms with van der Waals surface area (Å²) < 4.78 is 26.7. The van der Waals surface area contributed by atoms with Crippen molar-refractivity contribution in [2.45, 2.75) is 0 Å². The molecule has 0 radical (unpaired) electrons. The maximum atomic E-state index is 12.9. The zero-order valence-corrected chi connectivity index (χ0v) is 24.8. The zero-order valence-electron chi connectivity index (χ0n) is 22.3. The molecule has 10 nitrogen and oxygen atoms in total. The molecule has 5 rings (SSSR count). The molecule has 2 N–H and O–H groups in total. The van der Waals surface area contributed by atoms with Crippen LogP contribution in [0.15, 0.2) is 59.5 Å². The Labute approximate surface area is 236 Å². The molecule has 1 aliphatic heterocycles. The maximum absolute atomic E-state index is 12.9. The van der Waals surface area contributed by atoms with Gasteiger partial charge in [-0.2, -0.15) is 10.1 Å². The molecule has 0 amide bonds. The third-order valence-corrected chi connectivity index (χ3v) is 8.54. The van der Waals surface area contributed by atoms with Crippen molar-refractivity contribution in [3.05, 3.63) is 59.5 Å². The van der Waals surface area contributed by atoms with Gasteiger partial charge >= 0.3 is 0 Å². The lowest BCUT2D eigenvalue weighted by Gasteiger charge is -2.31. The van der Waals surface area contributed by atoms with Gasteiger partial charge in [0.25, 0.3) is 0 Å². The molecule has 12 heteroatoms. The molecule has 1 saturated heterocycles. The van der Waals surface area contributed by atoms with Gasteiger partial charge < -0.3 is 29.6 Å². The van der Waals surface area contributed by atoms with Gasteiger partial charge in [0.2, 0.25) is 5.95 Å². The molecule has 2 aromatic carbocycles. The molecule has 0 saturated carbocycles. The van der Waals surface area contributed by atoms with Crippen molar-refractivity contribution in [2.75, 3.05) is 62.3 Å². The van der Waals surface area contributed by atoms with Crippen LogP contribution in [0.5, 0.6) is 5.75 Å². The highest BCUT2D eigenvalue weighted by atomic mass is 79.9. The van der Waals surface area contributed by atoms with E-state index in [0.717, 1.165) is 40.9 Å². The number of para-hydroxylation sites is 1. The highest BCUT2D eigenvalue weighted by molar-refractivity contribution is 9.10. The quantitative estimate of drug-likeness (QED) is 0.259. The lowest BCUT2D eigenvalue weighted by atomic mass is 10.0. The summed E-state index contributed by atoms with van der Waals surface area (Å²) in [5.74, 6) is 1.59. The zero-order chi connectivity index (χ0) is 27.6. The standard InChI is InChI=1S/C27H31BrN7O3P/c1-34-17-18(15-30-34)19-13-22(24(37-2)14-23(19)35-9-11-38-12-10-35)32-27-29-16-20(28)26(33-27)31-21-7-5-6-8-25(21)39(3,4)36/h5-8,13-17H,9-12H2,1-4H3,(H2,29,31,32,33). The first-order valence-corrected chi connectivity index (χ1v) is 15.9. The van der Waals surface area contributed by atoms with Crippen molar-refractivity contribution in [1.29, 1.82) is 0 Å². The van der Waals surface area contributed by atoms with E-state index in [0.29, 0.717) is 40.9 Å². The van der Waals surface area contributed by atoms with Crippen molar-refractivity contribution in [2.24, 2.45) is 7.05 Å². The van der Waals surface area contributed by atoms with Crippen molar-refractivity contribution >= 4 is 57.2 Å². The molecule has 1 fully saturated rings. The Hall–Kier alpha value is -3.40. The number of rotatable bonds is 8. The van der Waals surface area contributed by atoms with Crippen molar-refractivity contribution in [3.8, 4) is 16.9 Å².